The van der Waals surface area contributed by atoms with Crippen molar-refractivity contribution >= 4 is 17.5 Å². The van der Waals surface area contributed by atoms with Gasteiger partial charge in [-0.2, -0.15) is 0 Å². The van der Waals surface area contributed by atoms with Crippen LogP contribution in [0.2, 0.25) is 0 Å². The number of hydrogen-bond donors (Lipinski definition) is 0. The van der Waals surface area contributed by atoms with Crippen LogP contribution in [0.3, 0.4) is 0 Å². The summed E-state index contributed by atoms with van der Waals surface area (Å²) in [6, 6.07) is 20.6. The Hall–Kier alpha value is -1.58. The Morgan fingerprint density at radius 1 is 1.00 bits per heavy atom. The van der Waals surface area contributed by atoms with Gasteiger partial charge in [0.15, 0.2) is 0 Å². The van der Waals surface area contributed by atoms with Crippen LogP contribution >= 0.6 is 11.8 Å². The smallest absolute Gasteiger partial charge is 0.140 e. The molecule has 3 heteroatoms. The van der Waals surface area contributed by atoms with Crippen molar-refractivity contribution in [1.82, 2.24) is 0 Å². The minimum absolute atomic E-state index is 0.0740. The number of ether oxygens (including phenoxy) is 1. The molecule has 0 spiro atoms. The number of methoxy groups -OCH3 is 1. The van der Waals surface area contributed by atoms with Gasteiger partial charge in [-0.15, -0.1) is 11.8 Å². The number of hydrogen-bond acceptors (Lipinski definition) is 3. The van der Waals surface area contributed by atoms with E-state index in [1.54, 1.807) is 18.9 Å². The van der Waals surface area contributed by atoms with Crippen LogP contribution in [0.1, 0.15) is 38.0 Å². The first kappa shape index (κ1) is 18.8. The molecular weight excluding hydrogens is 316 g/mol. The molecule has 0 aliphatic rings. The van der Waals surface area contributed by atoms with Crippen LogP contribution in [0.4, 0.5) is 0 Å². The first-order valence-corrected chi connectivity index (χ1v) is 9.12. The number of Topliss-reactive ketones (excluding diaryl/α,β-unsaturated/α-hetero) is 1. The third kappa shape index (κ3) is 5.22. The van der Waals surface area contributed by atoms with Gasteiger partial charge >= 0.3 is 0 Å². The van der Waals surface area contributed by atoms with E-state index in [1.807, 2.05) is 57.2 Å². The highest BCUT2D eigenvalue weighted by Gasteiger charge is 2.30. The number of thioether (sulfide) groups is 1. The fraction of sp³-hybridized carbons (Fsp3) is 0.381. The molecule has 2 nitrogen and oxygen atoms in total. The van der Waals surface area contributed by atoms with E-state index >= 15 is 0 Å². The van der Waals surface area contributed by atoms with Crippen molar-refractivity contribution in [3.8, 4) is 0 Å². The topological polar surface area (TPSA) is 26.3 Å². The average molecular weight is 343 g/mol. The second-order valence-corrected chi connectivity index (χ2v) is 8.13. The predicted octanol–water partition coefficient (Wildman–Crippen LogP) is 5.54. The lowest BCUT2D eigenvalue weighted by molar-refractivity contribution is -0.128. The molecule has 2 rings (SSSR count). The van der Waals surface area contributed by atoms with Crippen LogP contribution in [0.5, 0.6) is 0 Å². The molecule has 0 heterocycles. The second-order valence-electron chi connectivity index (χ2n) is 6.91. The maximum Gasteiger partial charge on any atom is 0.140 e. The average Bonchev–Trinajstić information content (AvgIpc) is 2.58. The summed E-state index contributed by atoms with van der Waals surface area (Å²) < 4.78 is 5.76. The molecule has 0 radical (unpaired) electrons. The zero-order valence-electron chi connectivity index (χ0n) is 14.9. The largest absolute Gasteiger partial charge is 0.379 e. The fourth-order valence-corrected chi connectivity index (χ4v) is 3.71. The van der Waals surface area contributed by atoms with Gasteiger partial charge in [0.1, 0.15) is 5.78 Å². The van der Waals surface area contributed by atoms with E-state index in [0.29, 0.717) is 6.42 Å². The molecule has 0 amide bonds. The van der Waals surface area contributed by atoms with Crippen LogP contribution in [0.25, 0.3) is 0 Å². The molecule has 2 atom stereocenters. The molecule has 24 heavy (non-hydrogen) atoms. The van der Waals surface area contributed by atoms with E-state index in [1.165, 1.54) is 10.5 Å². The summed E-state index contributed by atoms with van der Waals surface area (Å²) in [6.45, 7) is 5.89. The molecule has 0 saturated carbocycles. The lowest BCUT2D eigenvalue weighted by Crippen LogP contribution is -2.29. The van der Waals surface area contributed by atoms with Gasteiger partial charge < -0.3 is 4.74 Å². The van der Waals surface area contributed by atoms with Crippen LogP contribution in [0.15, 0.2) is 65.6 Å². The summed E-state index contributed by atoms with van der Waals surface area (Å²) in [4.78, 5) is 13.7. The Morgan fingerprint density at radius 2 is 1.54 bits per heavy atom. The van der Waals surface area contributed by atoms with Gasteiger partial charge in [-0.05, 0) is 17.7 Å². The van der Waals surface area contributed by atoms with Gasteiger partial charge in [-0.25, -0.2) is 0 Å². The first-order valence-electron chi connectivity index (χ1n) is 8.24. The fourth-order valence-electron chi connectivity index (χ4n) is 2.45. The molecule has 0 saturated heterocycles. The minimum atomic E-state index is -0.352. The van der Waals surface area contributed by atoms with Crippen LogP contribution in [0, 0.1) is 5.41 Å². The molecule has 0 aliphatic carbocycles. The normalized spacial score (nSPS) is 14.2. The van der Waals surface area contributed by atoms with Crippen molar-refractivity contribution in [2.75, 3.05) is 7.11 Å². The van der Waals surface area contributed by atoms with Crippen molar-refractivity contribution in [3.63, 3.8) is 0 Å². The highest BCUT2D eigenvalue weighted by molar-refractivity contribution is 7.99. The summed E-state index contributed by atoms with van der Waals surface area (Å²) in [5.41, 5.74) is 0.829. The monoisotopic (exact) mass is 342 g/mol. The number of benzene rings is 2. The van der Waals surface area contributed by atoms with E-state index in [9.17, 15) is 4.79 Å². The molecular formula is C21H26O2S. The van der Waals surface area contributed by atoms with Crippen molar-refractivity contribution in [1.29, 1.82) is 0 Å². The summed E-state index contributed by atoms with van der Waals surface area (Å²) in [6.07, 6.45) is 0.253. The Kier molecular flexibility index (Phi) is 6.64. The molecule has 0 N–H and O–H groups in total. The molecule has 0 bridgehead atoms. The summed E-state index contributed by atoms with van der Waals surface area (Å²) in [5, 5.41) is 0.0740. The zero-order chi connectivity index (χ0) is 17.6. The van der Waals surface area contributed by atoms with Gasteiger partial charge in [0.2, 0.25) is 0 Å². The number of carbonyl (C=O) groups excluding carboxylic acids is 1. The highest BCUT2D eigenvalue weighted by Crippen LogP contribution is 2.40. The molecule has 0 fully saturated rings. The van der Waals surface area contributed by atoms with Crippen molar-refractivity contribution in [2.45, 2.75) is 43.4 Å². The quantitative estimate of drug-likeness (QED) is 0.618. The van der Waals surface area contributed by atoms with E-state index in [2.05, 4.69) is 24.3 Å². The van der Waals surface area contributed by atoms with Crippen LogP contribution in [-0.2, 0) is 9.53 Å². The first-order chi connectivity index (χ1) is 11.4. The van der Waals surface area contributed by atoms with Gasteiger partial charge in [-0.3, -0.25) is 4.79 Å². The number of carbonyl (C=O) groups is 1. The Morgan fingerprint density at radius 3 is 2.04 bits per heavy atom. The Bertz CT molecular complexity index is 632. The number of ketones is 1. The lowest BCUT2D eigenvalue weighted by atomic mass is 9.86. The molecule has 0 unspecified atom stereocenters. The molecule has 2 aromatic carbocycles. The van der Waals surface area contributed by atoms with Gasteiger partial charge in [0, 0.05) is 23.8 Å². The summed E-state index contributed by atoms with van der Waals surface area (Å²) in [7, 11) is 1.70. The highest BCUT2D eigenvalue weighted by atomic mass is 32.2. The van der Waals surface area contributed by atoms with Crippen molar-refractivity contribution in [2.24, 2.45) is 5.41 Å². The lowest BCUT2D eigenvalue weighted by Gasteiger charge is -2.28. The van der Waals surface area contributed by atoms with Crippen molar-refractivity contribution in [3.05, 3.63) is 66.2 Å². The van der Waals surface area contributed by atoms with Crippen LogP contribution in [-0.4, -0.2) is 19.0 Å². The van der Waals surface area contributed by atoms with E-state index in [-0.39, 0.29) is 22.6 Å². The van der Waals surface area contributed by atoms with Crippen LogP contribution < -0.4 is 0 Å². The summed E-state index contributed by atoms with van der Waals surface area (Å²) >= 11 is 1.75. The van der Waals surface area contributed by atoms with Gasteiger partial charge in [0.25, 0.3) is 0 Å². The van der Waals surface area contributed by atoms with E-state index in [4.69, 9.17) is 4.74 Å². The summed E-state index contributed by atoms with van der Waals surface area (Å²) in [5.74, 6) is 0.226. The van der Waals surface area contributed by atoms with Gasteiger partial charge in [-0.1, -0.05) is 69.3 Å². The Labute approximate surface area is 149 Å². The zero-order valence-corrected chi connectivity index (χ0v) is 15.7. The maximum atomic E-state index is 12.5. The number of rotatable bonds is 7. The van der Waals surface area contributed by atoms with E-state index in [0.717, 1.165) is 0 Å². The molecule has 2 aromatic rings. The predicted molar refractivity (Wildman–Crippen MR) is 101 cm³/mol. The minimum Gasteiger partial charge on any atom is -0.379 e. The standard InChI is InChI=1S/C21H26O2S/c1-21(2,3)19(22)15-18(23-4)20(16-11-7-5-8-12-16)24-17-13-9-6-10-14-17/h5-14,18,20H,15H2,1-4H3/t18-,20-/m1/s1. The van der Waals surface area contributed by atoms with Crippen molar-refractivity contribution < 1.29 is 9.53 Å². The SMILES string of the molecule is CO[C@H](CC(=O)C(C)(C)C)[C@H](Sc1ccccc1)c1ccccc1. The third-order valence-corrected chi connectivity index (χ3v) is 5.37. The van der Waals surface area contributed by atoms with Gasteiger partial charge in [0.05, 0.1) is 11.4 Å². The third-order valence-electron chi connectivity index (χ3n) is 4.00. The second kappa shape index (κ2) is 8.50. The molecule has 0 aromatic heterocycles. The maximum absolute atomic E-state index is 12.5. The van der Waals surface area contributed by atoms with E-state index < -0.39 is 0 Å². The molecule has 128 valence electrons. The Balaban J connectivity index is 2.28. The molecule has 0 aliphatic heterocycles.